The van der Waals surface area contributed by atoms with Gasteiger partial charge in [0.1, 0.15) is 12.7 Å². The standard InChI is InChI=1S/C10H14O2/c1-8-2-4-9(5-3-8)11-6-10-7-12-10/h2,4,10H,3,5-7H2,1H3. The molecule has 1 fully saturated rings. The molecule has 2 heteroatoms. The predicted molar refractivity (Wildman–Crippen MR) is 46.8 cm³/mol. The van der Waals surface area contributed by atoms with Gasteiger partial charge in [0.05, 0.1) is 12.4 Å². The molecule has 0 aromatic rings. The highest BCUT2D eigenvalue weighted by Gasteiger charge is 2.23. The summed E-state index contributed by atoms with van der Waals surface area (Å²) in [7, 11) is 0. The normalized spacial score (nSPS) is 27.6. The lowest BCUT2D eigenvalue weighted by molar-refractivity contribution is 0.174. The smallest absolute Gasteiger partial charge is 0.116 e. The van der Waals surface area contributed by atoms with Gasteiger partial charge in [0.25, 0.3) is 0 Å². The molecular formula is C10H14O2. The minimum atomic E-state index is 0.373. The molecule has 66 valence electrons. The van der Waals surface area contributed by atoms with Crippen molar-refractivity contribution in [2.45, 2.75) is 25.9 Å². The van der Waals surface area contributed by atoms with Gasteiger partial charge in [-0.05, 0) is 19.4 Å². The Balaban J connectivity index is 1.79. The fourth-order valence-electron chi connectivity index (χ4n) is 1.21. The third kappa shape index (κ3) is 2.11. The summed E-state index contributed by atoms with van der Waals surface area (Å²) in [6, 6.07) is 0. The van der Waals surface area contributed by atoms with Crippen LogP contribution in [-0.4, -0.2) is 19.3 Å². The van der Waals surface area contributed by atoms with Gasteiger partial charge in [0.15, 0.2) is 0 Å². The van der Waals surface area contributed by atoms with Gasteiger partial charge in [-0.1, -0.05) is 11.6 Å². The van der Waals surface area contributed by atoms with E-state index in [1.165, 1.54) is 5.57 Å². The summed E-state index contributed by atoms with van der Waals surface area (Å²) in [5, 5.41) is 0. The molecule has 1 atom stereocenters. The monoisotopic (exact) mass is 166 g/mol. The summed E-state index contributed by atoms with van der Waals surface area (Å²) in [4.78, 5) is 0. The Morgan fingerprint density at radius 2 is 2.33 bits per heavy atom. The fraction of sp³-hybridized carbons (Fsp3) is 0.600. The molecule has 0 N–H and O–H groups in total. The first-order valence-electron chi connectivity index (χ1n) is 4.45. The molecule has 0 saturated carbocycles. The van der Waals surface area contributed by atoms with Crippen molar-refractivity contribution >= 4 is 0 Å². The van der Waals surface area contributed by atoms with Crippen LogP contribution in [0.5, 0.6) is 0 Å². The van der Waals surface area contributed by atoms with Gasteiger partial charge in [-0.2, -0.15) is 0 Å². The molecule has 12 heavy (non-hydrogen) atoms. The molecule has 2 nitrogen and oxygen atoms in total. The van der Waals surface area contributed by atoms with E-state index >= 15 is 0 Å². The van der Waals surface area contributed by atoms with Crippen molar-refractivity contribution in [3.05, 3.63) is 23.5 Å². The Morgan fingerprint density at radius 1 is 1.50 bits per heavy atom. The lowest BCUT2D eigenvalue weighted by Crippen LogP contribution is -2.03. The maximum atomic E-state index is 5.55. The zero-order valence-electron chi connectivity index (χ0n) is 7.38. The molecule has 0 radical (unpaired) electrons. The minimum Gasteiger partial charge on any atom is -0.495 e. The maximum absolute atomic E-state index is 5.55. The second kappa shape index (κ2) is 3.31. The number of ether oxygens (including phenoxy) is 2. The second-order valence-electron chi connectivity index (χ2n) is 3.41. The summed E-state index contributed by atoms with van der Waals surface area (Å²) in [5.74, 6) is 1.11. The minimum absolute atomic E-state index is 0.373. The van der Waals surface area contributed by atoms with Crippen LogP contribution in [0.4, 0.5) is 0 Å². The summed E-state index contributed by atoms with van der Waals surface area (Å²) in [5.41, 5.74) is 1.44. The van der Waals surface area contributed by atoms with Crippen LogP contribution >= 0.6 is 0 Å². The van der Waals surface area contributed by atoms with Crippen molar-refractivity contribution < 1.29 is 9.47 Å². The summed E-state index contributed by atoms with van der Waals surface area (Å²) in [6.45, 7) is 3.76. The number of epoxide rings is 1. The van der Waals surface area contributed by atoms with Crippen molar-refractivity contribution in [1.29, 1.82) is 0 Å². The Hall–Kier alpha value is -0.760. The molecule has 0 aromatic carbocycles. The molecule has 2 aliphatic rings. The zero-order chi connectivity index (χ0) is 8.39. The molecule has 1 unspecified atom stereocenters. The van der Waals surface area contributed by atoms with Gasteiger partial charge in [-0.15, -0.1) is 0 Å². The van der Waals surface area contributed by atoms with Crippen molar-refractivity contribution in [2.75, 3.05) is 13.2 Å². The quantitative estimate of drug-likeness (QED) is 0.598. The van der Waals surface area contributed by atoms with E-state index in [0.717, 1.165) is 31.8 Å². The van der Waals surface area contributed by atoms with Crippen LogP contribution in [-0.2, 0) is 9.47 Å². The van der Waals surface area contributed by atoms with E-state index in [9.17, 15) is 0 Å². The molecule has 0 bridgehead atoms. The van der Waals surface area contributed by atoms with E-state index in [-0.39, 0.29) is 0 Å². The highest BCUT2D eigenvalue weighted by atomic mass is 16.6. The van der Waals surface area contributed by atoms with Crippen LogP contribution < -0.4 is 0 Å². The molecule has 0 aromatic heterocycles. The molecule has 0 spiro atoms. The molecule has 1 aliphatic carbocycles. The van der Waals surface area contributed by atoms with E-state index in [2.05, 4.69) is 19.1 Å². The third-order valence-corrected chi connectivity index (χ3v) is 2.18. The van der Waals surface area contributed by atoms with Crippen LogP contribution in [0.2, 0.25) is 0 Å². The maximum Gasteiger partial charge on any atom is 0.116 e. The van der Waals surface area contributed by atoms with Crippen LogP contribution in [0.15, 0.2) is 23.5 Å². The summed E-state index contributed by atoms with van der Waals surface area (Å²) in [6.07, 6.45) is 6.76. The van der Waals surface area contributed by atoms with E-state index in [1.807, 2.05) is 0 Å². The topological polar surface area (TPSA) is 21.8 Å². The van der Waals surface area contributed by atoms with Gasteiger partial charge < -0.3 is 9.47 Å². The first kappa shape index (κ1) is 7.87. The van der Waals surface area contributed by atoms with E-state index in [1.54, 1.807) is 0 Å². The second-order valence-corrected chi connectivity index (χ2v) is 3.41. The molecule has 1 heterocycles. The van der Waals surface area contributed by atoms with Crippen molar-refractivity contribution in [3.8, 4) is 0 Å². The average Bonchev–Trinajstić information content (AvgIpc) is 2.87. The molecular weight excluding hydrogens is 152 g/mol. The van der Waals surface area contributed by atoms with E-state index in [4.69, 9.17) is 9.47 Å². The lowest BCUT2D eigenvalue weighted by atomic mass is 10.1. The number of hydrogen-bond acceptors (Lipinski definition) is 2. The van der Waals surface area contributed by atoms with Gasteiger partial charge >= 0.3 is 0 Å². The van der Waals surface area contributed by atoms with Crippen molar-refractivity contribution in [3.63, 3.8) is 0 Å². The first-order chi connectivity index (χ1) is 5.84. The number of allylic oxidation sites excluding steroid dienone is 4. The van der Waals surface area contributed by atoms with Crippen LogP contribution in [0.3, 0.4) is 0 Å². The highest BCUT2D eigenvalue weighted by Crippen LogP contribution is 2.20. The largest absolute Gasteiger partial charge is 0.495 e. The Labute approximate surface area is 72.9 Å². The van der Waals surface area contributed by atoms with E-state index < -0.39 is 0 Å². The predicted octanol–water partition coefficient (Wildman–Crippen LogP) is 2.03. The van der Waals surface area contributed by atoms with Crippen LogP contribution in [0.25, 0.3) is 0 Å². The average molecular weight is 166 g/mol. The molecule has 2 rings (SSSR count). The summed E-state index contributed by atoms with van der Waals surface area (Å²) < 4.78 is 10.6. The van der Waals surface area contributed by atoms with Crippen molar-refractivity contribution in [2.24, 2.45) is 0 Å². The molecule has 1 aliphatic heterocycles. The Bertz CT molecular complexity index is 224. The SMILES string of the molecule is CC1=CC=C(OCC2CO2)CC1. The van der Waals surface area contributed by atoms with E-state index in [0.29, 0.717) is 6.10 Å². The summed E-state index contributed by atoms with van der Waals surface area (Å²) >= 11 is 0. The Kier molecular flexibility index (Phi) is 2.17. The molecule has 0 amide bonds. The Morgan fingerprint density at radius 3 is 2.92 bits per heavy atom. The fourth-order valence-corrected chi connectivity index (χ4v) is 1.21. The van der Waals surface area contributed by atoms with Crippen molar-refractivity contribution in [1.82, 2.24) is 0 Å². The van der Waals surface area contributed by atoms with Crippen LogP contribution in [0, 0.1) is 0 Å². The van der Waals surface area contributed by atoms with Gasteiger partial charge in [-0.25, -0.2) is 0 Å². The molecule has 1 saturated heterocycles. The van der Waals surface area contributed by atoms with Gasteiger partial charge in [-0.3, -0.25) is 0 Å². The third-order valence-electron chi connectivity index (χ3n) is 2.18. The highest BCUT2D eigenvalue weighted by molar-refractivity contribution is 5.19. The zero-order valence-corrected chi connectivity index (χ0v) is 7.38. The van der Waals surface area contributed by atoms with Gasteiger partial charge in [0.2, 0.25) is 0 Å². The first-order valence-corrected chi connectivity index (χ1v) is 4.45. The lowest BCUT2D eigenvalue weighted by Gasteiger charge is -2.12. The number of rotatable bonds is 3. The number of hydrogen-bond donors (Lipinski definition) is 0. The van der Waals surface area contributed by atoms with Crippen LogP contribution in [0.1, 0.15) is 19.8 Å². The van der Waals surface area contributed by atoms with Gasteiger partial charge in [0, 0.05) is 6.42 Å².